The highest BCUT2D eigenvalue weighted by Crippen LogP contribution is 2.15. The van der Waals surface area contributed by atoms with E-state index in [1.807, 2.05) is 24.3 Å². The van der Waals surface area contributed by atoms with Gasteiger partial charge in [0.05, 0.1) is 17.9 Å². The van der Waals surface area contributed by atoms with Crippen LogP contribution in [0.15, 0.2) is 78.3 Å². The zero-order valence-corrected chi connectivity index (χ0v) is 15.5. The lowest BCUT2D eigenvalue weighted by molar-refractivity contribution is 0.709. The molecule has 1 atom stereocenters. The summed E-state index contributed by atoms with van der Waals surface area (Å²) in [6.07, 6.45) is 8.97. The molecule has 1 unspecified atom stereocenters. The Balaban J connectivity index is 1.72. The molecule has 0 fully saturated rings. The number of anilines is 1. The molecule has 2 aromatic heterocycles. The molecule has 0 aliphatic carbocycles. The second-order valence-electron chi connectivity index (χ2n) is 6.43. The van der Waals surface area contributed by atoms with Crippen LogP contribution in [0.25, 0.3) is 0 Å². The maximum atomic E-state index is 6.14. The van der Waals surface area contributed by atoms with Gasteiger partial charge < -0.3 is 11.1 Å². The van der Waals surface area contributed by atoms with Crippen molar-refractivity contribution in [3.8, 4) is 0 Å². The van der Waals surface area contributed by atoms with Crippen molar-refractivity contribution in [2.24, 2.45) is 4.99 Å². The van der Waals surface area contributed by atoms with Crippen LogP contribution in [0.1, 0.15) is 36.1 Å². The van der Waals surface area contributed by atoms with E-state index in [1.165, 1.54) is 5.56 Å². The van der Waals surface area contributed by atoms with Gasteiger partial charge >= 0.3 is 0 Å². The average Bonchev–Trinajstić information content (AvgIpc) is 2.72. The summed E-state index contributed by atoms with van der Waals surface area (Å²) in [6, 6.07) is 16.5. The molecule has 138 valence electrons. The fraction of sp³-hybridized carbons (Fsp3) is 0.227. The number of aromatic nitrogens is 2. The second-order valence-corrected chi connectivity index (χ2v) is 6.43. The molecule has 0 saturated carbocycles. The molecule has 0 saturated heterocycles. The normalized spacial score (nSPS) is 12.6. The molecule has 0 amide bonds. The minimum absolute atomic E-state index is 0.0911. The van der Waals surface area contributed by atoms with Crippen molar-refractivity contribution in [1.82, 2.24) is 15.3 Å². The van der Waals surface area contributed by atoms with Crippen LogP contribution in [0.2, 0.25) is 0 Å². The van der Waals surface area contributed by atoms with Crippen LogP contribution in [0.5, 0.6) is 0 Å². The zero-order valence-electron chi connectivity index (χ0n) is 15.5. The maximum Gasteiger partial charge on any atom is 0.130 e. The summed E-state index contributed by atoms with van der Waals surface area (Å²) in [5.41, 5.74) is 10.1. The van der Waals surface area contributed by atoms with E-state index in [2.05, 4.69) is 46.5 Å². The Morgan fingerprint density at radius 3 is 2.52 bits per heavy atom. The molecule has 3 N–H and O–H groups in total. The van der Waals surface area contributed by atoms with Crippen LogP contribution in [-0.4, -0.2) is 22.3 Å². The Hall–Kier alpha value is -3.21. The number of hydrogen-bond donors (Lipinski definition) is 2. The van der Waals surface area contributed by atoms with Gasteiger partial charge in [-0.15, -0.1) is 0 Å². The number of benzene rings is 1. The van der Waals surface area contributed by atoms with E-state index in [4.69, 9.17) is 10.7 Å². The third-order valence-electron chi connectivity index (χ3n) is 4.40. The third-order valence-corrected chi connectivity index (χ3v) is 4.40. The van der Waals surface area contributed by atoms with E-state index < -0.39 is 0 Å². The van der Waals surface area contributed by atoms with Gasteiger partial charge in [0.15, 0.2) is 0 Å². The zero-order chi connectivity index (χ0) is 18.9. The highest BCUT2D eigenvalue weighted by atomic mass is 15.0. The minimum atomic E-state index is 0.0911. The standard InChI is InChI=1S/C22H25N5/c1-17(19-9-13-24-14-10-19)27-22(20-11-15-25-16-21(20)23)26-12-5-8-18-6-3-2-4-7-18/h2-4,6-7,9-11,13-17H,5,8,12,23H2,1H3,(H,26,27). The van der Waals surface area contributed by atoms with Gasteiger partial charge in [0.1, 0.15) is 5.84 Å². The summed E-state index contributed by atoms with van der Waals surface area (Å²) in [4.78, 5) is 13.0. The number of aryl methyl sites for hydroxylation is 1. The molecular formula is C22H25N5. The summed E-state index contributed by atoms with van der Waals surface area (Å²) in [5, 5.41) is 3.50. The Labute approximate surface area is 160 Å². The molecule has 3 rings (SSSR count). The Bertz CT molecular complexity index is 862. The first-order valence-electron chi connectivity index (χ1n) is 9.18. The predicted molar refractivity (Wildman–Crippen MR) is 111 cm³/mol. The first-order valence-corrected chi connectivity index (χ1v) is 9.18. The van der Waals surface area contributed by atoms with E-state index in [9.17, 15) is 0 Å². The van der Waals surface area contributed by atoms with Crippen molar-refractivity contribution in [3.05, 3.63) is 90.0 Å². The maximum absolute atomic E-state index is 6.14. The Morgan fingerprint density at radius 2 is 1.78 bits per heavy atom. The van der Waals surface area contributed by atoms with Crippen LogP contribution < -0.4 is 11.1 Å². The number of nitrogens with two attached hydrogens (primary N) is 1. The summed E-state index contributed by atoms with van der Waals surface area (Å²) >= 11 is 0. The van der Waals surface area contributed by atoms with Crippen LogP contribution in [0.4, 0.5) is 5.69 Å². The first kappa shape index (κ1) is 18.6. The SMILES string of the molecule is CC(NC(=NCCCc1ccccc1)c1ccncc1N)c1ccncc1. The summed E-state index contributed by atoms with van der Waals surface area (Å²) in [5.74, 6) is 0.798. The quantitative estimate of drug-likeness (QED) is 0.382. The van der Waals surface area contributed by atoms with Gasteiger partial charge in [-0.3, -0.25) is 15.0 Å². The molecule has 0 aliphatic heterocycles. The number of nitrogens with one attached hydrogen (secondary N) is 1. The molecule has 0 radical (unpaired) electrons. The van der Waals surface area contributed by atoms with Gasteiger partial charge in [-0.1, -0.05) is 30.3 Å². The number of nitrogens with zero attached hydrogens (tertiary/aromatic N) is 3. The molecule has 2 heterocycles. The van der Waals surface area contributed by atoms with Crippen molar-refractivity contribution in [1.29, 1.82) is 0 Å². The molecule has 0 spiro atoms. The number of rotatable bonds is 7. The summed E-state index contributed by atoms with van der Waals surface area (Å²) < 4.78 is 0. The molecule has 0 aliphatic rings. The molecule has 5 heteroatoms. The minimum Gasteiger partial charge on any atom is -0.397 e. The smallest absolute Gasteiger partial charge is 0.130 e. The van der Waals surface area contributed by atoms with Gasteiger partial charge in [-0.25, -0.2) is 0 Å². The number of aliphatic imine (C=N–C) groups is 1. The summed E-state index contributed by atoms with van der Waals surface area (Å²) in [7, 11) is 0. The van der Waals surface area contributed by atoms with Crippen molar-refractivity contribution >= 4 is 11.5 Å². The highest BCUT2D eigenvalue weighted by Gasteiger charge is 2.12. The van der Waals surface area contributed by atoms with E-state index in [0.29, 0.717) is 5.69 Å². The largest absolute Gasteiger partial charge is 0.397 e. The van der Waals surface area contributed by atoms with E-state index in [1.54, 1.807) is 24.8 Å². The van der Waals surface area contributed by atoms with Gasteiger partial charge in [0.25, 0.3) is 0 Å². The van der Waals surface area contributed by atoms with Crippen molar-refractivity contribution in [2.75, 3.05) is 12.3 Å². The van der Waals surface area contributed by atoms with Crippen LogP contribution in [0.3, 0.4) is 0 Å². The molecule has 5 nitrogen and oxygen atoms in total. The van der Waals surface area contributed by atoms with E-state index >= 15 is 0 Å². The van der Waals surface area contributed by atoms with Crippen LogP contribution in [0, 0.1) is 0 Å². The lowest BCUT2D eigenvalue weighted by atomic mass is 10.1. The number of amidine groups is 1. The van der Waals surface area contributed by atoms with Crippen LogP contribution >= 0.6 is 0 Å². The predicted octanol–water partition coefficient (Wildman–Crippen LogP) is 3.79. The van der Waals surface area contributed by atoms with Crippen molar-refractivity contribution in [3.63, 3.8) is 0 Å². The molecule has 1 aromatic carbocycles. The first-order chi connectivity index (χ1) is 13.2. The van der Waals surface area contributed by atoms with Gasteiger partial charge in [-0.2, -0.15) is 0 Å². The topological polar surface area (TPSA) is 76.2 Å². The molecule has 0 bridgehead atoms. The molecular weight excluding hydrogens is 334 g/mol. The Morgan fingerprint density at radius 1 is 1.04 bits per heavy atom. The second kappa shape index (κ2) is 9.48. The molecule has 3 aromatic rings. The fourth-order valence-corrected chi connectivity index (χ4v) is 2.89. The average molecular weight is 359 g/mol. The van der Waals surface area contributed by atoms with E-state index in [-0.39, 0.29) is 6.04 Å². The number of pyridine rings is 2. The third kappa shape index (κ3) is 5.38. The van der Waals surface area contributed by atoms with E-state index in [0.717, 1.165) is 36.3 Å². The molecule has 27 heavy (non-hydrogen) atoms. The highest BCUT2D eigenvalue weighted by molar-refractivity contribution is 6.03. The Kier molecular flexibility index (Phi) is 6.52. The summed E-state index contributed by atoms with van der Waals surface area (Å²) in [6.45, 7) is 2.83. The number of nitrogen functional groups attached to an aromatic ring is 1. The van der Waals surface area contributed by atoms with Gasteiger partial charge in [0.2, 0.25) is 0 Å². The van der Waals surface area contributed by atoms with Gasteiger partial charge in [-0.05, 0) is 49.1 Å². The number of hydrogen-bond acceptors (Lipinski definition) is 4. The monoisotopic (exact) mass is 359 g/mol. The van der Waals surface area contributed by atoms with Gasteiger partial charge in [0, 0.05) is 30.7 Å². The van der Waals surface area contributed by atoms with Crippen molar-refractivity contribution in [2.45, 2.75) is 25.8 Å². The fourth-order valence-electron chi connectivity index (χ4n) is 2.89. The van der Waals surface area contributed by atoms with Crippen molar-refractivity contribution < 1.29 is 0 Å². The lowest BCUT2D eigenvalue weighted by Gasteiger charge is -2.18. The van der Waals surface area contributed by atoms with Crippen LogP contribution in [-0.2, 0) is 6.42 Å². The lowest BCUT2D eigenvalue weighted by Crippen LogP contribution is -2.29.